The summed E-state index contributed by atoms with van der Waals surface area (Å²) in [6.07, 6.45) is 21.5. The molecular weight excluding hydrogens is 821 g/mol. The predicted molar refractivity (Wildman–Crippen MR) is 253 cm³/mol. The second kappa shape index (κ2) is 21.0. The Morgan fingerprint density at radius 1 is 0.969 bits per heavy atom. The number of carboxylic acid groups (broad SMARTS) is 1. The van der Waals surface area contributed by atoms with Crippen molar-refractivity contribution in [3.8, 4) is 11.3 Å². The molecule has 2 aromatic carbocycles. The number of aromatic amines is 2. The molecule has 348 valence electrons. The number of hydrogen-bond acceptors (Lipinski definition) is 8. The Kier molecular flexibility index (Phi) is 15.3. The second-order valence-corrected chi connectivity index (χ2v) is 18.5. The Morgan fingerprint density at radius 3 is 2.32 bits per heavy atom. The first-order valence-corrected chi connectivity index (χ1v) is 23.8. The Balaban J connectivity index is 0.000000997. The molecule has 3 aliphatic carbocycles. The minimum Gasteiger partial charge on any atom is -0.483 e. The molecule has 65 heavy (non-hydrogen) atoms. The van der Waals surface area contributed by atoms with E-state index >= 15 is 0 Å². The van der Waals surface area contributed by atoms with Crippen molar-refractivity contribution >= 4 is 41.0 Å². The topological polar surface area (TPSA) is 186 Å². The minimum atomic E-state index is -0.611. The van der Waals surface area contributed by atoms with E-state index in [4.69, 9.17) is 19.9 Å². The zero-order valence-corrected chi connectivity index (χ0v) is 39.0. The summed E-state index contributed by atoms with van der Waals surface area (Å²) >= 11 is 0. The Hall–Kier alpha value is -5.76. The summed E-state index contributed by atoms with van der Waals surface area (Å²) in [5.74, 6) is 2.17. The number of carbonyl (C=O) groups excluding carboxylic acids is 3. The van der Waals surface area contributed by atoms with Crippen LogP contribution in [0.2, 0.25) is 0 Å². The number of nitrogens with zero attached hydrogens (tertiary/aromatic N) is 4. The van der Waals surface area contributed by atoms with Crippen molar-refractivity contribution in [3.63, 3.8) is 0 Å². The van der Waals surface area contributed by atoms with Gasteiger partial charge in [0.2, 0.25) is 11.8 Å². The van der Waals surface area contributed by atoms with E-state index in [-0.39, 0.29) is 60.2 Å². The number of rotatable bonds is 10. The normalized spacial score (nSPS) is 21.1. The van der Waals surface area contributed by atoms with Gasteiger partial charge in [0.05, 0.1) is 48.2 Å². The van der Waals surface area contributed by atoms with Gasteiger partial charge in [0.25, 0.3) is 6.47 Å². The van der Waals surface area contributed by atoms with Gasteiger partial charge in [-0.15, -0.1) is 0 Å². The number of alkyl carbamates (subject to hydrolysis) is 1. The van der Waals surface area contributed by atoms with Gasteiger partial charge in [0.1, 0.15) is 18.2 Å². The molecule has 3 unspecified atom stereocenters. The number of likely N-dealkylation sites (tertiary alicyclic amines) is 2. The van der Waals surface area contributed by atoms with Gasteiger partial charge >= 0.3 is 6.09 Å². The number of carbonyl (C=O) groups is 4. The highest BCUT2D eigenvalue weighted by Gasteiger charge is 2.44. The van der Waals surface area contributed by atoms with Crippen LogP contribution >= 0.6 is 0 Å². The lowest BCUT2D eigenvalue weighted by Crippen LogP contribution is -2.47. The summed E-state index contributed by atoms with van der Waals surface area (Å²) in [6.45, 7) is 9.48. The van der Waals surface area contributed by atoms with Crippen LogP contribution in [0.1, 0.15) is 150 Å². The highest BCUT2D eigenvalue weighted by molar-refractivity contribution is 5.85. The molecule has 1 saturated carbocycles. The lowest BCUT2D eigenvalue weighted by molar-refractivity contribution is -0.135. The van der Waals surface area contributed by atoms with Gasteiger partial charge in [-0.2, -0.15) is 0 Å². The van der Waals surface area contributed by atoms with Crippen molar-refractivity contribution in [2.24, 2.45) is 5.92 Å². The van der Waals surface area contributed by atoms with E-state index < -0.39 is 6.09 Å². The van der Waals surface area contributed by atoms with Crippen molar-refractivity contribution in [1.82, 2.24) is 40.4 Å². The number of hydrogen-bond donors (Lipinski definition) is 5. The van der Waals surface area contributed by atoms with Crippen molar-refractivity contribution in [3.05, 3.63) is 88.7 Å². The fourth-order valence-corrected chi connectivity index (χ4v) is 11.1. The molecule has 0 bridgehead atoms. The number of ether oxygens (including phenoxy) is 1. The average molecular weight is 889 g/mol. The number of imidazole rings is 2. The number of fused-ring (bicyclic) bond motifs is 3. The van der Waals surface area contributed by atoms with Gasteiger partial charge in [0, 0.05) is 24.6 Å². The first-order valence-electron chi connectivity index (χ1n) is 23.8. The van der Waals surface area contributed by atoms with Gasteiger partial charge < -0.3 is 40.2 Å². The number of benzene rings is 2. The number of likely N-dealkylation sites (N-methyl/N-ethyl adjacent to an activating group) is 1. The Labute approximate surface area is 383 Å². The van der Waals surface area contributed by atoms with Crippen LogP contribution < -0.4 is 10.6 Å². The van der Waals surface area contributed by atoms with E-state index in [0.29, 0.717) is 6.54 Å². The van der Waals surface area contributed by atoms with Crippen molar-refractivity contribution in [2.75, 3.05) is 33.8 Å². The van der Waals surface area contributed by atoms with E-state index in [2.05, 4.69) is 102 Å². The number of H-pyrrole nitrogens is 2. The molecular formula is C51H68N8O6. The molecule has 14 heteroatoms. The monoisotopic (exact) mass is 889 g/mol. The van der Waals surface area contributed by atoms with Crippen LogP contribution in [0.25, 0.3) is 27.9 Å². The van der Waals surface area contributed by atoms with E-state index in [9.17, 15) is 14.4 Å². The maximum Gasteiger partial charge on any atom is 0.407 e. The first-order chi connectivity index (χ1) is 31.5. The second-order valence-electron chi connectivity index (χ2n) is 18.5. The summed E-state index contributed by atoms with van der Waals surface area (Å²) in [5.41, 5.74) is 11.3. The molecule has 3 amide bonds. The quantitative estimate of drug-likeness (QED) is 0.0971. The largest absolute Gasteiger partial charge is 0.483 e. The molecule has 4 atom stereocenters. The minimum absolute atomic E-state index is 0.0314. The molecule has 9 rings (SSSR count). The molecule has 1 spiro atoms. The third kappa shape index (κ3) is 9.78. The van der Waals surface area contributed by atoms with Gasteiger partial charge in [-0.25, -0.2) is 14.8 Å². The first kappa shape index (κ1) is 47.2. The van der Waals surface area contributed by atoms with Crippen molar-refractivity contribution < 1.29 is 29.0 Å². The standard InChI is InChI=1S/C47H58N8O4.C3H8.CH2O2/c1-28(2)42(48-3)45(57)55-24-8-10-39(55)44-51-35-18-15-31(25-36(35)52-44)29-11-13-30(14-12-29)32-16-17-33(34-19-22-47(41(32)34)20-5-6-21-47)37-26-49-43(53-37)38-9-7-23-54(38)40(56)27-50-46(58)59-4;1-3-2;2-1-3/h11,13-18,25-26,28-29,38-39,42,48H,5-10,12,19-24,27H2,1-4H3,(H,49,53)(H,50,58)(H,51,52);3H2,1-2H3;1H,(H,2,3)/t29?,38?,39-,42?;;/m0../s1. The summed E-state index contributed by atoms with van der Waals surface area (Å²) in [7, 11) is 3.16. The number of amides is 3. The fourth-order valence-electron chi connectivity index (χ4n) is 11.1. The van der Waals surface area contributed by atoms with Crippen LogP contribution in [0, 0.1) is 5.92 Å². The summed E-state index contributed by atoms with van der Waals surface area (Å²) in [5, 5.41) is 12.6. The number of nitrogens with one attached hydrogen (secondary N) is 4. The van der Waals surface area contributed by atoms with Crippen molar-refractivity contribution in [2.45, 2.75) is 134 Å². The maximum atomic E-state index is 13.5. The van der Waals surface area contributed by atoms with Crippen molar-refractivity contribution in [1.29, 1.82) is 0 Å². The summed E-state index contributed by atoms with van der Waals surface area (Å²) in [4.78, 5) is 67.5. The molecule has 3 fully saturated rings. The Bertz CT molecular complexity index is 2390. The molecule has 14 nitrogen and oxygen atoms in total. The molecule has 2 aliphatic heterocycles. The molecule has 4 heterocycles. The van der Waals surface area contributed by atoms with Crippen LogP contribution in [0.3, 0.4) is 0 Å². The van der Waals surface area contributed by atoms with E-state index in [0.717, 1.165) is 73.4 Å². The molecule has 5 N–H and O–H groups in total. The van der Waals surface area contributed by atoms with E-state index in [1.165, 1.54) is 79.0 Å². The zero-order chi connectivity index (χ0) is 46.3. The lowest BCUT2D eigenvalue weighted by Gasteiger charge is -2.29. The van der Waals surface area contributed by atoms with Gasteiger partial charge in [0.15, 0.2) is 0 Å². The van der Waals surface area contributed by atoms with E-state index in [1.807, 2.05) is 23.0 Å². The summed E-state index contributed by atoms with van der Waals surface area (Å²) < 4.78 is 4.66. The number of methoxy groups -OCH3 is 1. The maximum absolute atomic E-state index is 13.5. The van der Waals surface area contributed by atoms with Gasteiger partial charge in [-0.05, 0) is 116 Å². The zero-order valence-electron chi connectivity index (χ0n) is 39.0. The molecule has 4 aromatic rings. The Morgan fingerprint density at radius 2 is 1.66 bits per heavy atom. The van der Waals surface area contributed by atoms with Crippen LogP contribution in [0.15, 0.2) is 54.8 Å². The lowest BCUT2D eigenvalue weighted by atomic mass is 9.75. The highest BCUT2D eigenvalue weighted by atomic mass is 16.5. The highest BCUT2D eigenvalue weighted by Crippen LogP contribution is 2.55. The summed E-state index contributed by atoms with van der Waals surface area (Å²) in [6, 6.07) is 10.8. The molecule has 0 radical (unpaired) electrons. The van der Waals surface area contributed by atoms with E-state index in [1.54, 1.807) is 0 Å². The predicted octanol–water partition coefficient (Wildman–Crippen LogP) is 8.88. The van der Waals surface area contributed by atoms with Crippen LogP contribution in [0.5, 0.6) is 0 Å². The van der Waals surface area contributed by atoms with Crippen LogP contribution in [-0.2, 0) is 31.0 Å². The third-order valence-electron chi connectivity index (χ3n) is 14.1. The average Bonchev–Trinajstić information content (AvgIpc) is 4.17. The molecule has 5 aliphatic rings. The van der Waals surface area contributed by atoms with Crippen LogP contribution in [0.4, 0.5) is 4.79 Å². The smallest absolute Gasteiger partial charge is 0.407 e. The van der Waals surface area contributed by atoms with Crippen LogP contribution in [-0.4, -0.2) is 99.1 Å². The molecule has 2 saturated heterocycles. The molecule has 2 aromatic heterocycles. The number of aromatic nitrogens is 4. The third-order valence-corrected chi connectivity index (χ3v) is 14.1. The number of allylic oxidation sites excluding steroid dienone is 4. The fraction of sp³-hybridized carbons (Fsp3) is 0.529. The van der Waals surface area contributed by atoms with Gasteiger partial charge in [-0.3, -0.25) is 14.4 Å². The van der Waals surface area contributed by atoms with Gasteiger partial charge in [-0.1, -0.05) is 83.4 Å². The SMILES string of the molecule is CCC.CNC(C(=O)N1CCC[C@H]1c1nc2ccc(C3C=CC(c4ccc(-c5cnc(C6CCCN6C(=O)CNC(=O)OC)[nH]5)c5c4C4(CCCC4)CC5)=CC3)cc2[nH]1)C(C)C.O=CO.